The molecule has 2 aliphatic heterocycles. The smallest absolute Gasteiger partial charge is 0.266 e. The van der Waals surface area contributed by atoms with Gasteiger partial charge in [-0.1, -0.05) is 60.1 Å². The molecule has 276 valence electrons. The lowest BCUT2D eigenvalue weighted by atomic mass is 9.99. The summed E-state index contributed by atoms with van der Waals surface area (Å²) >= 11 is 7.73. The van der Waals surface area contributed by atoms with E-state index in [1.54, 1.807) is 46.6 Å². The highest BCUT2D eigenvalue weighted by molar-refractivity contribution is 7.11. The molecule has 5 aromatic rings. The molecule has 2 aliphatic rings. The Morgan fingerprint density at radius 2 is 1.81 bits per heavy atom. The summed E-state index contributed by atoms with van der Waals surface area (Å²) in [5.41, 5.74) is 10.3. The van der Waals surface area contributed by atoms with E-state index < -0.39 is 29.9 Å². The maximum Gasteiger partial charge on any atom is 0.266 e. The van der Waals surface area contributed by atoms with E-state index in [4.69, 9.17) is 31.5 Å². The highest BCUT2D eigenvalue weighted by atomic mass is 35.5. The van der Waals surface area contributed by atoms with Gasteiger partial charge in [-0.3, -0.25) is 14.4 Å². The highest BCUT2D eigenvalue weighted by Gasteiger charge is 2.42. The molecule has 2 amide bonds. The van der Waals surface area contributed by atoms with Crippen LogP contribution < -0.4 is 16.4 Å². The van der Waals surface area contributed by atoms with Crippen molar-refractivity contribution in [2.45, 2.75) is 76.3 Å². The summed E-state index contributed by atoms with van der Waals surface area (Å²) < 4.78 is 12.1. The number of carbonyl (C=O) groups is 3. The van der Waals surface area contributed by atoms with Gasteiger partial charge in [0.05, 0.1) is 29.8 Å². The van der Waals surface area contributed by atoms with E-state index in [9.17, 15) is 14.4 Å². The van der Waals surface area contributed by atoms with Crippen molar-refractivity contribution >= 4 is 51.6 Å². The summed E-state index contributed by atoms with van der Waals surface area (Å²) in [6.45, 7) is 4.75. The van der Waals surface area contributed by atoms with E-state index in [0.717, 1.165) is 58.2 Å². The lowest BCUT2D eigenvalue weighted by molar-refractivity contribution is -0.138. The molecule has 4 heterocycles. The van der Waals surface area contributed by atoms with Crippen LogP contribution in [0.25, 0.3) is 11.1 Å². The number of halogens is 1. The number of aryl methyl sites for hydroxylation is 1. The number of para-hydroxylation sites is 2. The summed E-state index contributed by atoms with van der Waals surface area (Å²) in [5.74, 6) is -0.863. The van der Waals surface area contributed by atoms with Crippen LogP contribution in [0.15, 0.2) is 77.2 Å². The molecule has 11 nitrogen and oxygen atoms in total. The number of rotatable bonds is 13. The van der Waals surface area contributed by atoms with Crippen LogP contribution in [0.2, 0.25) is 5.02 Å². The third-order valence-corrected chi connectivity index (χ3v) is 11.4. The number of piperidine rings is 1. The number of nitrogens with one attached hydrogen (secondary N) is 2. The molecule has 0 radical (unpaired) electrons. The molecule has 7 rings (SSSR count). The molecular weight excluding hydrogens is 712 g/mol. The van der Waals surface area contributed by atoms with Gasteiger partial charge in [0.1, 0.15) is 17.6 Å². The highest BCUT2D eigenvalue weighted by Crippen LogP contribution is 2.32. The molecule has 0 spiro atoms. The molecule has 13 heteroatoms. The number of hydrogen-bond acceptors (Lipinski definition) is 10. The molecule has 0 bridgehead atoms. The third-order valence-electron chi connectivity index (χ3n) is 10.0. The van der Waals surface area contributed by atoms with E-state index >= 15 is 0 Å². The van der Waals surface area contributed by atoms with Crippen LogP contribution in [0, 0.1) is 6.92 Å². The molecule has 3 atom stereocenters. The van der Waals surface area contributed by atoms with Crippen LogP contribution in [0.5, 0.6) is 0 Å². The van der Waals surface area contributed by atoms with Crippen molar-refractivity contribution in [2.75, 3.05) is 19.6 Å². The van der Waals surface area contributed by atoms with Gasteiger partial charge in [-0.15, -0.1) is 11.3 Å². The van der Waals surface area contributed by atoms with Crippen LogP contribution in [0.3, 0.4) is 0 Å². The number of benzene rings is 3. The quantitative estimate of drug-likeness (QED) is 0.132. The molecule has 2 aromatic heterocycles. The summed E-state index contributed by atoms with van der Waals surface area (Å²) in [5, 5.41) is 8.08. The number of likely N-dealkylation sites (tertiary alicyclic amines) is 1. The summed E-state index contributed by atoms with van der Waals surface area (Å²) in [6.07, 6.45) is 2.11. The van der Waals surface area contributed by atoms with Crippen LogP contribution in [0.4, 0.5) is 0 Å². The predicted octanol–water partition coefficient (Wildman–Crippen LogP) is 5.51. The van der Waals surface area contributed by atoms with E-state index in [1.165, 1.54) is 0 Å². The number of ether oxygens (including phenoxy) is 1. The minimum atomic E-state index is -1.03. The van der Waals surface area contributed by atoms with Gasteiger partial charge >= 0.3 is 0 Å². The summed E-state index contributed by atoms with van der Waals surface area (Å²) in [6, 6.07) is 20.2. The standard InChI is InChI=1S/C40H43ClN6O5S/c1-24-32(46-40(53-24)28-13-15-43-16-14-28)20-36(48)47-22-30(51-23-25-9-11-29(41)12-10-25)19-34(47)38(50)44-33(18-26-5-4-6-27(17-26)21-42)37(49)39-45-31-7-2-3-8-35(31)52-39/h2-12,17,28,30,33-34,43H,13-16,18-23,42H2,1H3,(H,44,50)/t30-,33+,34+/m1/s1. The van der Waals surface area contributed by atoms with E-state index in [0.29, 0.717) is 35.2 Å². The van der Waals surface area contributed by atoms with E-state index in [-0.39, 0.29) is 37.6 Å². The first kappa shape index (κ1) is 36.9. The number of aromatic nitrogens is 2. The number of nitrogens with zero attached hydrogens (tertiary/aromatic N) is 3. The third kappa shape index (κ3) is 8.85. The van der Waals surface area contributed by atoms with Gasteiger partial charge in [0.25, 0.3) is 5.89 Å². The number of thiazole rings is 1. The molecule has 2 fully saturated rings. The lowest BCUT2D eigenvalue weighted by Gasteiger charge is -2.26. The topological polar surface area (TPSA) is 153 Å². The fraction of sp³-hybridized carbons (Fsp3) is 0.375. The van der Waals surface area contributed by atoms with Gasteiger partial charge in [-0.25, -0.2) is 9.97 Å². The number of nitrogens with two attached hydrogens (primary N) is 1. The number of oxazole rings is 1. The Hall–Kier alpha value is -4.46. The number of hydrogen-bond donors (Lipinski definition) is 3. The summed E-state index contributed by atoms with van der Waals surface area (Å²) in [7, 11) is 0. The second-order valence-electron chi connectivity index (χ2n) is 13.8. The van der Waals surface area contributed by atoms with Gasteiger partial charge < -0.3 is 30.4 Å². The number of Topliss-reactive ketones (excluding diaryl/α,β-unsaturated/α-hetero) is 1. The second-order valence-corrected chi connectivity index (χ2v) is 15.4. The Morgan fingerprint density at radius 1 is 1.04 bits per heavy atom. The fourth-order valence-electron chi connectivity index (χ4n) is 7.06. The van der Waals surface area contributed by atoms with Crippen molar-refractivity contribution in [1.29, 1.82) is 0 Å². The Bertz CT molecular complexity index is 2040. The van der Waals surface area contributed by atoms with Crippen LogP contribution in [-0.2, 0) is 40.3 Å². The summed E-state index contributed by atoms with van der Waals surface area (Å²) in [4.78, 5) is 54.5. The molecule has 0 saturated carbocycles. The normalized spacial score (nSPS) is 18.4. The van der Waals surface area contributed by atoms with Crippen LogP contribution >= 0.6 is 22.9 Å². The Kier molecular flexibility index (Phi) is 11.6. The zero-order valence-electron chi connectivity index (χ0n) is 29.6. The number of carbonyl (C=O) groups excluding carboxylic acids is 3. The zero-order chi connectivity index (χ0) is 36.9. The largest absolute Gasteiger partial charge is 0.434 e. The number of ketones is 1. The minimum Gasteiger partial charge on any atom is -0.434 e. The first-order chi connectivity index (χ1) is 25.7. The lowest BCUT2D eigenvalue weighted by Crippen LogP contribution is -2.51. The monoisotopic (exact) mass is 754 g/mol. The fourth-order valence-corrected chi connectivity index (χ4v) is 8.30. The molecular formula is C40H43ClN6O5S. The molecule has 0 unspecified atom stereocenters. The minimum absolute atomic E-state index is 0.0676. The van der Waals surface area contributed by atoms with Crippen molar-refractivity contribution in [3.8, 4) is 0 Å². The molecule has 0 aliphatic carbocycles. The Morgan fingerprint density at radius 3 is 2.58 bits per heavy atom. The SMILES string of the molecule is Cc1sc(C2CCNCC2)nc1CC(=O)N1C[C@H](OCc2ccc(Cl)cc2)C[C@H]1C(=O)N[C@@H](Cc1cccc(CN)c1)C(=O)c1nc2ccccc2o1. The van der Waals surface area contributed by atoms with Crippen LogP contribution in [0.1, 0.15) is 68.1 Å². The average Bonchev–Trinajstić information content (AvgIpc) is 3.91. The van der Waals surface area contributed by atoms with E-state index in [2.05, 4.69) is 15.6 Å². The zero-order valence-corrected chi connectivity index (χ0v) is 31.1. The predicted molar refractivity (Wildman–Crippen MR) is 204 cm³/mol. The van der Waals surface area contributed by atoms with Gasteiger partial charge in [-0.2, -0.15) is 0 Å². The maximum atomic E-state index is 14.4. The molecule has 4 N–H and O–H groups in total. The van der Waals surface area contributed by atoms with Gasteiger partial charge in [0, 0.05) is 41.7 Å². The Balaban J connectivity index is 1.13. The Labute approximate surface area is 317 Å². The number of amides is 2. The van der Waals surface area contributed by atoms with Crippen molar-refractivity contribution in [3.63, 3.8) is 0 Å². The van der Waals surface area contributed by atoms with Gasteiger partial charge in [0.2, 0.25) is 17.6 Å². The first-order valence-corrected chi connectivity index (χ1v) is 19.2. The molecule has 53 heavy (non-hydrogen) atoms. The average molecular weight is 755 g/mol. The molecule has 2 saturated heterocycles. The first-order valence-electron chi connectivity index (χ1n) is 18.0. The van der Waals surface area contributed by atoms with Crippen molar-refractivity contribution < 1.29 is 23.5 Å². The van der Waals surface area contributed by atoms with E-state index in [1.807, 2.05) is 49.4 Å². The molecule has 3 aromatic carbocycles. The van der Waals surface area contributed by atoms with Crippen LogP contribution in [-0.4, -0.2) is 70.3 Å². The second kappa shape index (κ2) is 16.7. The van der Waals surface area contributed by atoms with Crippen molar-refractivity contribution in [2.24, 2.45) is 5.73 Å². The van der Waals surface area contributed by atoms with Gasteiger partial charge in [0.15, 0.2) is 5.58 Å². The van der Waals surface area contributed by atoms with Gasteiger partial charge in [-0.05, 0) is 73.8 Å². The van der Waals surface area contributed by atoms with Crippen molar-refractivity contribution in [1.82, 2.24) is 25.5 Å². The maximum absolute atomic E-state index is 14.4. The number of fused-ring (bicyclic) bond motifs is 1. The van der Waals surface area contributed by atoms with Crippen molar-refractivity contribution in [3.05, 3.63) is 116 Å².